The van der Waals surface area contributed by atoms with E-state index in [4.69, 9.17) is 0 Å². The zero-order valence-corrected chi connectivity index (χ0v) is 6.42. The molecule has 1 heterocycles. The highest BCUT2D eigenvalue weighted by Crippen LogP contribution is 1.93. The van der Waals surface area contributed by atoms with E-state index in [1.165, 1.54) is 6.92 Å². The molecular formula is C6H9N3O2. The summed E-state index contributed by atoms with van der Waals surface area (Å²) in [6.07, 6.45) is 0. The van der Waals surface area contributed by atoms with E-state index in [9.17, 15) is 4.79 Å². The maximum absolute atomic E-state index is 10.3. The SMILES string of the molecule is CC(=O)OCc1n[nH]c(C)n1. The molecule has 0 saturated heterocycles. The maximum Gasteiger partial charge on any atom is 0.303 e. The highest BCUT2D eigenvalue weighted by Gasteiger charge is 2.00. The third-order valence-corrected chi connectivity index (χ3v) is 1.05. The van der Waals surface area contributed by atoms with E-state index in [-0.39, 0.29) is 12.6 Å². The molecule has 0 atom stereocenters. The van der Waals surface area contributed by atoms with Crippen LogP contribution in [0, 0.1) is 6.92 Å². The van der Waals surface area contributed by atoms with Crippen molar-refractivity contribution < 1.29 is 9.53 Å². The first-order chi connectivity index (χ1) is 5.18. The second kappa shape index (κ2) is 3.14. The number of aromatic amines is 1. The van der Waals surface area contributed by atoms with Crippen LogP contribution in [-0.2, 0) is 16.1 Å². The van der Waals surface area contributed by atoms with Gasteiger partial charge in [-0.15, -0.1) is 0 Å². The van der Waals surface area contributed by atoms with Crippen LogP contribution in [0.5, 0.6) is 0 Å². The van der Waals surface area contributed by atoms with Crippen LogP contribution in [0.25, 0.3) is 0 Å². The number of aromatic nitrogens is 3. The number of hydrogen-bond acceptors (Lipinski definition) is 4. The first kappa shape index (κ1) is 7.71. The molecule has 0 radical (unpaired) electrons. The molecule has 0 amide bonds. The van der Waals surface area contributed by atoms with Crippen LogP contribution in [0.15, 0.2) is 0 Å². The minimum atomic E-state index is -0.326. The van der Waals surface area contributed by atoms with E-state index in [0.29, 0.717) is 11.6 Å². The van der Waals surface area contributed by atoms with E-state index < -0.39 is 0 Å². The smallest absolute Gasteiger partial charge is 0.303 e. The van der Waals surface area contributed by atoms with E-state index in [2.05, 4.69) is 19.9 Å². The quantitative estimate of drug-likeness (QED) is 0.618. The fraction of sp³-hybridized carbons (Fsp3) is 0.500. The summed E-state index contributed by atoms with van der Waals surface area (Å²) in [4.78, 5) is 14.3. The summed E-state index contributed by atoms with van der Waals surface area (Å²) in [5.41, 5.74) is 0. The van der Waals surface area contributed by atoms with Crippen molar-refractivity contribution in [2.24, 2.45) is 0 Å². The monoisotopic (exact) mass is 155 g/mol. The number of hydrogen-bond donors (Lipinski definition) is 1. The molecule has 1 aromatic heterocycles. The Bertz CT molecular complexity index is 256. The molecule has 60 valence electrons. The molecule has 1 N–H and O–H groups in total. The number of aryl methyl sites for hydroxylation is 1. The Morgan fingerprint density at radius 1 is 1.73 bits per heavy atom. The van der Waals surface area contributed by atoms with Gasteiger partial charge < -0.3 is 4.74 Å². The number of rotatable bonds is 2. The van der Waals surface area contributed by atoms with Crippen molar-refractivity contribution in [2.75, 3.05) is 0 Å². The second-order valence-electron chi connectivity index (χ2n) is 2.12. The minimum Gasteiger partial charge on any atom is -0.458 e. The van der Waals surface area contributed by atoms with Gasteiger partial charge in [0.05, 0.1) is 0 Å². The Morgan fingerprint density at radius 3 is 2.91 bits per heavy atom. The molecule has 0 bridgehead atoms. The zero-order valence-electron chi connectivity index (χ0n) is 6.42. The summed E-state index contributed by atoms with van der Waals surface area (Å²) in [5.74, 6) is 0.886. The molecule has 0 saturated carbocycles. The fourth-order valence-corrected chi connectivity index (χ4v) is 0.620. The van der Waals surface area contributed by atoms with Gasteiger partial charge in [0, 0.05) is 6.92 Å². The van der Waals surface area contributed by atoms with Crippen molar-refractivity contribution in [1.82, 2.24) is 15.2 Å². The van der Waals surface area contributed by atoms with Gasteiger partial charge in [-0.05, 0) is 6.92 Å². The Labute approximate surface area is 63.8 Å². The lowest BCUT2D eigenvalue weighted by Crippen LogP contribution is -2.00. The van der Waals surface area contributed by atoms with Crippen LogP contribution >= 0.6 is 0 Å². The van der Waals surface area contributed by atoms with Gasteiger partial charge >= 0.3 is 5.97 Å². The van der Waals surface area contributed by atoms with Crippen molar-refractivity contribution in [1.29, 1.82) is 0 Å². The van der Waals surface area contributed by atoms with E-state index in [0.717, 1.165) is 0 Å². The predicted octanol–water partition coefficient (Wildman–Crippen LogP) is 0.176. The minimum absolute atomic E-state index is 0.139. The molecule has 0 aliphatic rings. The molecule has 0 aliphatic carbocycles. The van der Waals surface area contributed by atoms with Crippen LogP contribution in [-0.4, -0.2) is 21.2 Å². The summed E-state index contributed by atoms with van der Waals surface area (Å²) >= 11 is 0. The summed E-state index contributed by atoms with van der Waals surface area (Å²) in [6.45, 7) is 3.27. The Hall–Kier alpha value is -1.39. The summed E-state index contributed by atoms with van der Waals surface area (Å²) in [5, 5.41) is 6.41. The number of nitrogens with one attached hydrogen (secondary N) is 1. The molecule has 11 heavy (non-hydrogen) atoms. The lowest BCUT2D eigenvalue weighted by molar-refractivity contribution is -0.142. The van der Waals surface area contributed by atoms with Gasteiger partial charge in [0.1, 0.15) is 5.82 Å². The van der Waals surface area contributed by atoms with Crippen LogP contribution in [0.2, 0.25) is 0 Å². The van der Waals surface area contributed by atoms with Gasteiger partial charge in [0.2, 0.25) is 0 Å². The lowest BCUT2D eigenvalue weighted by Gasteiger charge is -1.94. The molecule has 0 spiro atoms. The van der Waals surface area contributed by atoms with Crippen molar-refractivity contribution in [3.8, 4) is 0 Å². The molecule has 0 aromatic carbocycles. The highest BCUT2D eigenvalue weighted by molar-refractivity contribution is 5.65. The molecule has 0 unspecified atom stereocenters. The average molecular weight is 155 g/mol. The maximum atomic E-state index is 10.3. The van der Waals surface area contributed by atoms with Crippen LogP contribution < -0.4 is 0 Å². The average Bonchev–Trinajstić information content (AvgIpc) is 2.31. The molecule has 0 fully saturated rings. The van der Waals surface area contributed by atoms with Gasteiger partial charge in [-0.3, -0.25) is 9.89 Å². The predicted molar refractivity (Wildman–Crippen MR) is 36.6 cm³/mol. The molecule has 1 aromatic rings. The lowest BCUT2D eigenvalue weighted by atomic mass is 10.6. The number of nitrogens with zero attached hydrogens (tertiary/aromatic N) is 2. The molecule has 5 heteroatoms. The van der Waals surface area contributed by atoms with E-state index in [1.807, 2.05) is 0 Å². The Kier molecular flexibility index (Phi) is 2.20. The number of H-pyrrole nitrogens is 1. The summed E-state index contributed by atoms with van der Waals surface area (Å²) < 4.78 is 4.66. The van der Waals surface area contributed by atoms with Crippen molar-refractivity contribution in [3.63, 3.8) is 0 Å². The van der Waals surface area contributed by atoms with Crippen molar-refractivity contribution >= 4 is 5.97 Å². The molecule has 0 aliphatic heterocycles. The standard InChI is InChI=1S/C6H9N3O2/c1-4-7-6(9-8-4)3-11-5(2)10/h3H2,1-2H3,(H,7,8,9). The van der Waals surface area contributed by atoms with Crippen LogP contribution in [0.1, 0.15) is 18.6 Å². The second-order valence-corrected chi connectivity index (χ2v) is 2.12. The van der Waals surface area contributed by atoms with Gasteiger partial charge in [-0.25, -0.2) is 4.98 Å². The molecular weight excluding hydrogens is 146 g/mol. The van der Waals surface area contributed by atoms with Gasteiger partial charge in [0.25, 0.3) is 0 Å². The van der Waals surface area contributed by atoms with Crippen molar-refractivity contribution in [3.05, 3.63) is 11.6 Å². The van der Waals surface area contributed by atoms with E-state index in [1.54, 1.807) is 6.92 Å². The summed E-state index contributed by atoms with van der Waals surface area (Å²) in [7, 11) is 0. The highest BCUT2D eigenvalue weighted by atomic mass is 16.5. The first-order valence-electron chi connectivity index (χ1n) is 3.19. The first-order valence-corrected chi connectivity index (χ1v) is 3.19. The third-order valence-electron chi connectivity index (χ3n) is 1.05. The molecule has 1 rings (SSSR count). The summed E-state index contributed by atoms with van der Waals surface area (Å²) in [6, 6.07) is 0. The van der Waals surface area contributed by atoms with Crippen molar-refractivity contribution in [2.45, 2.75) is 20.5 Å². The van der Waals surface area contributed by atoms with Crippen LogP contribution in [0.4, 0.5) is 0 Å². The zero-order chi connectivity index (χ0) is 8.27. The normalized spacial score (nSPS) is 9.64. The fourth-order valence-electron chi connectivity index (χ4n) is 0.620. The van der Waals surface area contributed by atoms with Gasteiger partial charge in [0.15, 0.2) is 12.4 Å². The topological polar surface area (TPSA) is 67.9 Å². The number of ether oxygens (including phenoxy) is 1. The largest absolute Gasteiger partial charge is 0.458 e. The van der Waals surface area contributed by atoms with E-state index >= 15 is 0 Å². The van der Waals surface area contributed by atoms with Gasteiger partial charge in [-0.2, -0.15) is 5.10 Å². The number of carbonyl (C=O) groups is 1. The van der Waals surface area contributed by atoms with Crippen LogP contribution in [0.3, 0.4) is 0 Å². The molecule has 5 nitrogen and oxygen atoms in total. The Balaban J connectivity index is 2.45. The third kappa shape index (κ3) is 2.37. The Morgan fingerprint density at radius 2 is 2.45 bits per heavy atom. The number of carbonyl (C=O) groups excluding carboxylic acids is 1. The number of esters is 1. The van der Waals surface area contributed by atoms with Gasteiger partial charge in [-0.1, -0.05) is 0 Å².